The van der Waals surface area contributed by atoms with E-state index < -0.39 is 0 Å². The largest absolute Gasteiger partial charge is 0.489 e. The summed E-state index contributed by atoms with van der Waals surface area (Å²) < 4.78 is 4.99. The van der Waals surface area contributed by atoms with Gasteiger partial charge in [-0.25, -0.2) is 0 Å². The molecule has 0 spiro atoms. The van der Waals surface area contributed by atoms with Crippen molar-refractivity contribution in [3.8, 4) is 17.2 Å². The first kappa shape index (κ1) is 5.41. The van der Waals surface area contributed by atoms with Crippen molar-refractivity contribution in [1.82, 2.24) is 0 Å². The number of methoxy groups -OCH3 is 1. The minimum Gasteiger partial charge on any atom is -0.489 e. The first-order valence-electron chi connectivity index (χ1n) is 2.93. The van der Waals surface area contributed by atoms with Crippen LogP contribution in [0.25, 0.3) is 0 Å². The van der Waals surface area contributed by atoms with Crippen LogP contribution in [0.1, 0.15) is 0 Å². The fourth-order valence-corrected chi connectivity index (χ4v) is 0.918. The molecule has 0 N–H and O–H groups in total. The predicted molar refractivity (Wildman–Crippen MR) is 34.2 cm³/mol. The van der Waals surface area contributed by atoms with Crippen molar-refractivity contribution >= 4 is 0 Å². The molecule has 0 atom stereocenters. The van der Waals surface area contributed by atoms with Crippen LogP contribution < -0.4 is 14.5 Å². The highest BCUT2D eigenvalue weighted by atomic mass is 17.2. The van der Waals surface area contributed by atoms with Crippen molar-refractivity contribution in [2.45, 2.75) is 0 Å². The van der Waals surface area contributed by atoms with Crippen LogP contribution in [-0.4, -0.2) is 7.11 Å². The summed E-state index contributed by atoms with van der Waals surface area (Å²) in [5.41, 5.74) is 0. The maximum Gasteiger partial charge on any atom is 0.224 e. The van der Waals surface area contributed by atoms with Crippen LogP contribution in [0.3, 0.4) is 0 Å². The first-order valence-corrected chi connectivity index (χ1v) is 2.93. The zero-order valence-corrected chi connectivity index (χ0v) is 5.46. The Hall–Kier alpha value is -1.38. The van der Waals surface area contributed by atoms with Gasteiger partial charge in [0.1, 0.15) is 0 Å². The van der Waals surface area contributed by atoms with Gasteiger partial charge in [0, 0.05) is 0 Å². The molecule has 1 aromatic rings. The van der Waals surface area contributed by atoms with Crippen LogP contribution in [0, 0.1) is 0 Å². The van der Waals surface area contributed by atoms with Crippen molar-refractivity contribution in [2.75, 3.05) is 7.11 Å². The number of fused-ring (bicyclic) bond motifs is 2. The van der Waals surface area contributed by atoms with Crippen molar-refractivity contribution in [3.63, 3.8) is 0 Å². The lowest BCUT2D eigenvalue weighted by atomic mass is 10.3. The molecule has 0 fully saturated rings. The van der Waals surface area contributed by atoms with E-state index >= 15 is 0 Å². The first-order chi connectivity index (χ1) is 4.92. The number of rotatable bonds is 1. The smallest absolute Gasteiger partial charge is 0.224 e. The van der Waals surface area contributed by atoms with E-state index in [1.807, 2.05) is 6.07 Å². The fraction of sp³-hybridized carbons (Fsp3) is 0.143. The molecular formula is C7H6O3. The molecule has 1 aliphatic rings. The van der Waals surface area contributed by atoms with E-state index in [1.54, 1.807) is 19.2 Å². The molecule has 0 aliphatic carbocycles. The molecule has 0 amide bonds. The van der Waals surface area contributed by atoms with Gasteiger partial charge in [0.25, 0.3) is 0 Å². The van der Waals surface area contributed by atoms with E-state index in [2.05, 4.69) is 0 Å². The number of hydrogen-bond acceptors (Lipinski definition) is 3. The number of hydrogen-bond donors (Lipinski definition) is 0. The Balaban J connectivity index is 2.58. The summed E-state index contributed by atoms with van der Waals surface area (Å²) in [5.74, 6) is 1.95. The molecule has 2 rings (SSSR count). The molecule has 10 heavy (non-hydrogen) atoms. The van der Waals surface area contributed by atoms with Gasteiger partial charge in [-0.3, -0.25) is 9.78 Å². The average molecular weight is 138 g/mol. The molecule has 0 saturated carbocycles. The third kappa shape index (κ3) is 0.543. The second-order valence-corrected chi connectivity index (χ2v) is 1.95. The van der Waals surface area contributed by atoms with Crippen LogP contribution >= 0.6 is 0 Å². The summed E-state index contributed by atoms with van der Waals surface area (Å²) in [6.07, 6.45) is 0. The van der Waals surface area contributed by atoms with Gasteiger partial charge in [0.15, 0.2) is 0 Å². The second kappa shape index (κ2) is 1.80. The van der Waals surface area contributed by atoms with Crippen LogP contribution in [0.4, 0.5) is 0 Å². The van der Waals surface area contributed by atoms with Gasteiger partial charge in [0.2, 0.25) is 17.2 Å². The highest BCUT2D eigenvalue weighted by Crippen LogP contribution is 2.41. The van der Waals surface area contributed by atoms with E-state index in [1.165, 1.54) is 0 Å². The van der Waals surface area contributed by atoms with E-state index in [0.29, 0.717) is 17.2 Å². The number of ether oxygens (including phenoxy) is 1. The molecule has 0 aromatic heterocycles. The zero-order chi connectivity index (χ0) is 6.97. The molecule has 0 saturated heterocycles. The lowest BCUT2D eigenvalue weighted by molar-refractivity contribution is -0.0846. The minimum atomic E-state index is 0.639. The molecule has 1 heterocycles. The van der Waals surface area contributed by atoms with Crippen LogP contribution in [0.5, 0.6) is 17.2 Å². The van der Waals surface area contributed by atoms with Crippen LogP contribution in [0.2, 0.25) is 0 Å². The van der Waals surface area contributed by atoms with E-state index in [9.17, 15) is 0 Å². The summed E-state index contributed by atoms with van der Waals surface area (Å²) in [7, 11) is 1.58. The van der Waals surface area contributed by atoms with Gasteiger partial charge in [-0.1, -0.05) is 6.07 Å². The van der Waals surface area contributed by atoms with Gasteiger partial charge in [-0.2, -0.15) is 0 Å². The minimum absolute atomic E-state index is 0.639. The van der Waals surface area contributed by atoms with Gasteiger partial charge in [-0.05, 0) is 12.1 Å². The lowest BCUT2D eigenvalue weighted by Gasteiger charge is -1.93. The average Bonchev–Trinajstić information content (AvgIpc) is 2.19. The molecule has 0 radical (unpaired) electrons. The quantitative estimate of drug-likeness (QED) is 0.548. The lowest BCUT2D eigenvalue weighted by Crippen LogP contribution is -1.89. The predicted octanol–water partition coefficient (Wildman–Crippen LogP) is 1.38. The standard InChI is InChI=1S/C7H6O3/c1-8-7-5-3-2-4-6(7)10-9-5/h2-4H,1H3. The Labute approximate surface area is 58.1 Å². The summed E-state index contributed by atoms with van der Waals surface area (Å²) >= 11 is 0. The van der Waals surface area contributed by atoms with Crippen molar-refractivity contribution in [2.24, 2.45) is 0 Å². The highest BCUT2D eigenvalue weighted by molar-refractivity contribution is 5.53. The Bertz CT molecular complexity index is 235. The summed E-state index contributed by atoms with van der Waals surface area (Å²) in [6, 6.07) is 5.42. The SMILES string of the molecule is COc1c2cccc1OO2. The molecule has 52 valence electrons. The van der Waals surface area contributed by atoms with Crippen LogP contribution in [-0.2, 0) is 0 Å². The summed E-state index contributed by atoms with van der Waals surface area (Å²) in [4.78, 5) is 9.56. The number of para-hydroxylation sites is 1. The molecule has 2 bridgehead atoms. The molecule has 0 unspecified atom stereocenters. The maximum absolute atomic E-state index is 4.99. The molecule has 3 nitrogen and oxygen atoms in total. The third-order valence-electron chi connectivity index (χ3n) is 1.37. The molecule has 1 aromatic carbocycles. The Morgan fingerprint density at radius 1 is 1.20 bits per heavy atom. The van der Waals surface area contributed by atoms with Gasteiger partial charge >= 0.3 is 0 Å². The third-order valence-corrected chi connectivity index (χ3v) is 1.37. The van der Waals surface area contributed by atoms with E-state index in [0.717, 1.165) is 0 Å². The van der Waals surface area contributed by atoms with Crippen molar-refractivity contribution < 1.29 is 14.5 Å². The van der Waals surface area contributed by atoms with Crippen molar-refractivity contribution in [3.05, 3.63) is 18.2 Å². The Morgan fingerprint density at radius 2 is 1.80 bits per heavy atom. The van der Waals surface area contributed by atoms with Crippen LogP contribution in [0.15, 0.2) is 18.2 Å². The summed E-state index contributed by atoms with van der Waals surface area (Å²) in [5, 5.41) is 0. The zero-order valence-electron chi connectivity index (χ0n) is 5.46. The topological polar surface area (TPSA) is 27.7 Å². The molecule has 3 heteroatoms. The Morgan fingerprint density at radius 3 is 2.20 bits per heavy atom. The second-order valence-electron chi connectivity index (χ2n) is 1.95. The van der Waals surface area contributed by atoms with E-state index in [-0.39, 0.29) is 0 Å². The van der Waals surface area contributed by atoms with E-state index in [4.69, 9.17) is 14.5 Å². The van der Waals surface area contributed by atoms with Gasteiger partial charge < -0.3 is 4.74 Å². The van der Waals surface area contributed by atoms with Gasteiger partial charge in [0.05, 0.1) is 7.11 Å². The Kier molecular flexibility index (Phi) is 0.974. The number of benzene rings is 1. The summed E-state index contributed by atoms with van der Waals surface area (Å²) in [6.45, 7) is 0. The molecular weight excluding hydrogens is 132 g/mol. The van der Waals surface area contributed by atoms with Crippen molar-refractivity contribution in [1.29, 1.82) is 0 Å². The highest BCUT2D eigenvalue weighted by Gasteiger charge is 2.20. The monoisotopic (exact) mass is 138 g/mol. The molecule has 1 aliphatic heterocycles. The normalized spacial score (nSPS) is 12.1. The fourth-order valence-electron chi connectivity index (χ4n) is 0.918. The maximum atomic E-state index is 4.99. The van der Waals surface area contributed by atoms with Gasteiger partial charge in [-0.15, -0.1) is 0 Å².